The number of amidine groups is 1. The summed E-state index contributed by atoms with van der Waals surface area (Å²) >= 11 is 6.02. The Morgan fingerprint density at radius 1 is 1.15 bits per heavy atom. The minimum Gasteiger partial charge on any atom is -0.350 e. The lowest BCUT2D eigenvalue weighted by Crippen LogP contribution is -2.19. The maximum absolute atomic E-state index is 12.3. The molecule has 0 unspecified atom stereocenters. The van der Waals surface area contributed by atoms with Crippen molar-refractivity contribution in [2.75, 3.05) is 10.6 Å². The summed E-state index contributed by atoms with van der Waals surface area (Å²) in [7, 11) is 0. The van der Waals surface area contributed by atoms with E-state index >= 15 is 0 Å². The second-order valence-electron chi connectivity index (χ2n) is 6.78. The molecule has 6 heteroatoms. The second-order valence-corrected chi connectivity index (χ2v) is 7.19. The Morgan fingerprint density at radius 2 is 1.89 bits per heavy atom. The first-order chi connectivity index (χ1) is 12.9. The van der Waals surface area contributed by atoms with Crippen LogP contribution in [-0.2, 0) is 0 Å². The van der Waals surface area contributed by atoms with Gasteiger partial charge < -0.3 is 16.0 Å². The molecule has 5 nitrogen and oxygen atoms in total. The monoisotopic (exact) mass is 382 g/mol. The fraction of sp³-hybridized carbons (Fsp3) is 0.238. The molecule has 3 N–H and O–H groups in total. The van der Waals surface area contributed by atoms with Crippen LogP contribution < -0.4 is 16.0 Å². The van der Waals surface area contributed by atoms with E-state index in [2.05, 4.69) is 34.8 Å². The lowest BCUT2D eigenvalue weighted by atomic mass is 10.0. The molecule has 0 aliphatic carbocycles. The summed E-state index contributed by atoms with van der Waals surface area (Å²) < 4.78 is 0. The van der Waals surface area contributed by atoms with E-state index in [-0.39, 0.29) is 12.1 Å². The van der Waals surface area contributed by atoms with Gasteiger partial charge in [-0.2, -0.15) is 0 Å². The van der Waals surface area contributed by atoms with E-state index in [9.17, 15) is 4.79 Å². The highest BCUT2D eigenvalue weighted by Gasteiger charge is 2.14. The van der Waals surface area contributed by atoms with Gasteiger partial charge >= 0.3 is 6.03 Å². The van der Waals surface area contributed by atoms with Crippen molar-refractivity contribution >= 4 is 40.4 Å². The smallest absolute Gasteiger partial charge is 0.323 e. The SMILES string of the molecule is Cc1cc(NC(=O)Nc2cccc(C3=CNC(=NC(C)C)C3)c2)ccc1Cl. The Hall–Kier alpha value is -2.79. The molecule has 0 spiro atoms. The topological polar surface area (TPSA) is 65.5 Å². The van der Waals surface area contributed by atoms with Crippen LogP contribution in [0.1, 0.15) is 31.4 Å². The van der Waals surface area contributed by atoms with Gasteiger partial charge in [-0.25, -0.2) is 4.79 Å². The van der Waals surface area contributed by atoms with Gasteiger partial charge in [-0.1, -0.05) is 23.7 Å². The van der Waals surface area contributed by atoms with Crippen molar-refractivity contribution in [3.05, 3.63) is 64.8 Å². The van der Waals surface area contributed by atoms with E-state index in [4.69, 9.17) is 11.6 Å². The van der Waals surface area contributed by atoms with Crippen LogP contribution in [0.5, 0.6) is 0 Å². The minimum absolute atomic E-state index is 0.258. The van der Waals surface area contributed by atoms with Gasteiger partial charge in [0.25, 0.3) is 0 Å². The third kappa shape index (κ3) is 5.11. The van der Waals surface area contributed by atoms with Gasteiger partial charge in [0.15, 0.2) is 0 Å². The molecule has 0 fully saturated rings. The van der Waals surface area contributed by atoms with Gasteiger partial charge in [-0.05, 0) is 67.8 Å². The Labute approximate surface area is 164 Å². The molecule has 0 saturated heterocycles. The number of amides is 2. The number of urea groups is 1. The Bertz CT molecular complexity index is 918. The number of hydrogen-bond acceptors (Lipinski definition) is 2. The largest absolute Gasteiger partial charge is 0.350 e. The quantitative estimate of drug-likeness (QED) is 0.659. The first-order valence-corrected chi connectivity index (χ1v) is 9.25. The summed E-state index contributed by atoms with van der Waals surface area (Å²) in [5.41, 5.74) is 4.54. The van der Waals surface area contributed by atoms with Crippen molar-refractivity contribution in [2.45, 2.75) is 33.2 Å². The van der Waals surface area contributed by atoms with Crippen LogP contribution in [0.15, 0.2) is 53.7 Å². The molecule has 27 heavy (non-hydrogen) atoms. The van der Waals surface area contributed by atoms with Crippen LogP contribution in [-0.4, -0.2) is 17.9 Å². The molecule has 0 bridgehead atoms. The molecule has 0 saturated carbocycles. The highest BCUT2D eigenvalue weighted by molar-refractivity contribution is 6.31. The molecule has 1 heterocycles. The van der Waals surface area contributed by atoms with E-state index in [1.54, 1.807) is 12.1 Å². The molecule has 2 aromatic carbocycles. The number of halogens is 1. The summed E-state index contributed by atoms with van der Waals surface area (Å²) in [4.78, 5) is 16.8. The number of aryl methyl sites for hydroxylation is 1. The van der Waals surface area contributed by atoms with E-state index in [1.165, 1.54) is 0 Å². The van der Waals surface area contributed by atoms with Crippen molar-refractivity contribution in [3.8, 4) is 0 Å². The number of carbonyl (C=O) groups is 1. The van der Waals surface area contributed by atoms with Gasteiger partial charge in [0.05, 0.1) is 0 Å². The normalized spacial score (nSPS) is 14.9. The molecule has 3 rings (SSSR count). The number of rotatable bonds is 4. The molecule has 1 aliphatic heterocycles. The van der Waals surface area contributed by atoms with Crippen molar-refractivity contribution in [2.24, 2.45) is 4.99 Å². The van der Waals surface area contributed by atoms with Gasteiger partial charge in [0, 0.05) is 35.1 Å². The maximum Gasteiger partial charge on any atom is 0.323 e. The summed E-state index contributed by atoms with van der Waals surface area (Å²) in [6.45, 7) is 6.01. The average Bonchev–Trinajstić information content (AvgIpc) is 3.06. The average molecular weight is 383 g/mol. The predicted molar refractivity (Wildman–Crippen MR) is 114 cm³/mol. The van der Waals surface area contributed by atoms with Crippen molar-refractivity contribution in [1.82, 2.24) is 5.32 Å². The first kappa shape index (κ1) is 19.0. The van der Waals surface area contributed by atoms with Crippen LogP contribution in [0.25, 0.3) is 5.57 Å². The fourth-order valence-corrected chi connectivity index (χ4v) is 2.96. The Kier molecular flexibility index (Phi) is 5.81. The summed E-state index contributed by atoms with van der Waals surface area (Å²) in [5.74, 6) is 0.967. The van der Waals surface area contributed by atoms with E-state index in [0.29, 0.717) is 10.7 Å². The molecule has 0 radical (unpaired) electrons. The van der Waals surface area contributed by atoms with E-state index in [0.717, 1.165) is 34.6 Å². The molecular formula is C21H23ClN4O. The Morgan fingerprint density at radius 3 is 2.59 bits per heavy atom. The van der Waals surface area contributed by atoms with E-state index in [1.807, 2.05) is 43.5 Å². The zero-order valence-electron chi connectivity index (χ0n) is 15.6. The number of anilines is 2. The van der Waals surface area contributed by atoms with Crippen LogP contribution in [0.3, 0.4) is 0 Å². The number of nitrogens with one attached hydrogen (secondary N) is 3. The zero-order chi connectivity index (χ0) is 19.4. The second kappa shape index (κ2) is 8.27. The van der Waals surface area contributed by atoms with Gasteiger partial charge in [-0.15, -0.1) is 0 Å². The molecule has 0 atom stereocenters. The number of benzene rings is 2. The number of carbonyl (C=O) groups excluding carboxylic acids is 1. The minimum atomic E-state index is -0.297. The predicted octanol–water partition coefficient (Wildman–Crippen LogP) is 5.43. The summed E-state index contributed by atoms with van der Waals surface area (Å²) in [5, 5.41) is 9.58. The van der Waals surface area contributed by atoms with Crippen molar-refractivity contribution in [3.63, 3.8) is 0 Å². The first-order valence-electron chi connectivity index (χ1n) is 8.87. The Balaban J connectivity index is 1.65. The van der Waals surface area contributed by atoms with Crippen molar-refractivity contribution < 1.29 is 4.79 Å². The summed E-state index contributed by atoms with van der Waals surface area (Å²) in [6.07, 6.45) is 2.73. The van der Waals surface area contributed by atoms with Gasteiger partial charge in [0.1, 0.15) is 5.84 Å². The van der Waals surface area contributed by atoms with E-state index < -0.39 is 0 Å². The number of nitrogens with zero attached hydrogens (tertiary/aromatic N) is 1. The zero-order valence-corrected chi connectivity index (χ0v) is 16.4. The third-order valence-corrected chi connectivity index (χ3v) is 4.52. The van der Waals surface area contributed by atoms with Gasteiger partial charge in [-0.3, -0.25) is 4.99 Å². The fourth-order valence-electron chi connectivity index (χ4n) is 2.85. The highest BCUT2D eigenvalue weighted by atomic mass is 35.5. The molecule has 2 amide bonds. The van der Waals surface area contributed by atoms with Crippen LogP contribution >= 0.6 is 11.6 Å². The van der Waals surface area contributed by atoms with Crippen molar-refractivity contribution in [1.29, 1.82) is 0 Å². The standard InChI is InChI=1S/C21H23ClN4O/c1-13(2)24-20-11-16(12-23-20)15-5-4-6-17(10-15)25-21(27)26-18-7-8-19(22)14(3)9-18/h4-10,12-13H,11H2,1-3H3,(H,23,24)(H2,25,26,27). The molecule has 140 valence electrons. The van der Waals surface area contributed by atoms with Crippen LogP contribution in [0.2, 0.25) is 5.02 Å². The number of hydrogen-bond donors (Lipinski definition) is 3. The lowest BCUT2D eigenvalue weighted by Gasteiger charge is -2.10. The highest BCUT2D eigenvalue weighted by Crippen LogP contribution is 2.25. The summed E-state index contributed by atoms with van der Waals surface area (Å²) in [6, 6.07) is 13.1. The lowest BCUT2D eigenvalue weighted by molar-refractivity contribution is 0.262. The van der Waals surface area contributed by atoms with Crippen LogP contribution in [0.4, 0.5) is 16.2 Å². The molecule has 2 aromatic rings. The maximum atomic E-state index is 12.3. The molecule has 0 aromatic heterocycles. The third-order valence-electron chi connectivity index (χ3n) is 4.09. The molecular weight excluding hydrogens is 360 g/mol. The van der Waals surface area contributed by atoms with Crippen LogP contribution in [0, 0.1) is 6.92 Å². The molecule has 1 aliphatic rings. The van der Waals surface area contributed by atoms with Gasteiger partial charge in [0.2, 0.25) is 0 Å². The number of aliphatic imine (C=N–C) groups is 1.